The Morgan fingerprint density at radius 2 is 1.82 bits per heavy atom. The fourth-order valence-electron chi connectivity index (χ4n) is 2.64. The molecule has 0 fully saturated rings. The lowest BCUT2D eigenvalue weighted by Crippen LogP contribution is -1.85. The number of isocyanates is 1. The highest BCUT2D eigenvalue weighted by atomic mass is 32.2. The van der Waals surface area contributed by atoms with E-state index in [9.17, 15) is 4.79 Å². The third-order valence-electron chi connectivity index (χ3n) is 3.53. The first-order valence-electron chi connectivity index (χ1n) is 7.17. The molecule has 3 rings (SSSR count). The van der Waals surface area contributed by atoms with Crippen molar-refractivity contribution in [1.82, 2.24) is 0 Å². The normalized spacial score (nSPS) is 10.4. The zero-order valence-corrected chi connectivity index (χ0v) is 13.1. The first-order chi connectivity index (χ1) is 10.8. The molecule has 0 aromatic heterocycles. The predicted octanol–water partition coefficient (Wildman–Crippen LogP) is 5.59. The van der Waals surface area contributed by atoms with Crippen LogP contribution in [0.3, 0.4) is 0 Å². The molecule has 0 heterocycles. The van der Waals surface area contributed by atoms with Gasteiger partial charge >= 0.3 is 0 Å². The molecule has 0 unspecified atom stereocenters. The second kappa shape index (κ2) is 6.61. The van der Waals surface area contributed by atoms with Crippen molar-refractivity contribution in [3.63, 3.8) is 0 Å². The van der Waals surface area contributed by atoms with Crippen molar-refractivity contribution in [3.05, 3.63) is 60.7 Å². The summed E-state index contributed by atoms with van der Waals surface area (Å²) in [5.41, 5.74) is 2.99. The summed E-state index contributed by atoms with van der Waals surface area (Å²) in [7, 11) is 0. The second-order valence-electron chi connectivity index (χ2n) is 4.81. The maximum Gasteiger partial charge on any atom is 0.240 e. The number of rotatable bonds is 4. The molecule has 0 aliphatic heterocycles. The van der Waals surface area contributed by atoms with Crippen LogP contribution in [0.25, 0.3) is 21.9 Å². The Hall–Kier alpha value is -2.35. The molecule has 0 saturated heterocycles. The van der Waals surface area contributed by atoms with E-state index in [4.69, 9.17) is 0 Å². The van der Waals surface area contributed by atoms with E-state index in [1.54, 1.807) is 17.8 Å². The average Bonchev–Trinajstić information content (AvgIpc) is 2.56. The quantitative estimate of drug-likeness (QED) is 0.357. The van der Waals surface area contributed by atoms with Crippen LogP contribution in [0.4, 0.5) is 5.69 Å². The summed E-state index contributed by atoms with van der Waals surface area (Å²) in [6.45, 7) is 2.12. The van der Waals surface area contributed by atoms with E-state index in [0.717, 1.165) is 32.5 Å². The summed E-state index contributed by atoms with van der Waals surface area (Å²) in [5.74, 6) is 0.971. The molecular formula is C19H15NOS. The first-order valence-corrected chi connectivity index (χ1v) is 8.15. The van der Waals surface area contributed by atoms with Gasteiger partial charge in [0.25, 0.3) is 0 Å². The number of fused-ring (bicyclic) bond motifs is 1. The van der Waals surface area contributed by atoms with Gasteiger partial charge in [0.15, 0.2) is 0 Å². The predicted molar refractivity (Wildman–Crippen MR) is 93.6 cm³/mol. The SMILES string of the molecule is CCSc1cccc2c(-c3ccccc3)ccc(N=C=O)c12. The molecule has 0 spiro atoms. The molecule has 0 amide bonds. The van der Waals surface area contributed by atoms with Gasteiger partial charge in [0.2, 0.25) is 6.08 Å². The van der Waals surface area contributed by atoms with Crippen molar-refractivity contribution in [2.24, 2.45) is 4.99 Å². The second-order valence-corrected chi connectivity index (χ2v) is 6.12. The minimum absolute atomic E-state index is 0.682. The molecular weight excluding hydrogens is 290 g/mol. The zero-order chi connectivity index (χ0) is 15.4. The monoisotopic (exact) mass is 305 g/mol. The lowest BCUT2D eigenvalue weighted by Gasteiger charge is -2.12. The van der Waals surface area contributed by atoms with Crippen molar-refractivity contribution in [1.29, 1.82) is 0 Å². The molecule has 0 saturated carbocycles. The molecule has 0 aliphatic rings. The van der Waals surface area contributed by atoms with Crippen LogP contribution in [0.2, 0.25) is 0 Å². The Bertz CT molecular complexity index is 852. The van der Waals surface area contributed by atoms with Crippen LogP contribution in [-0.2, 0) is 4.79 Å². The first kappa shape index (κ1) is 14.6. The molecule has 0 N–H and O–H groups in total. The van der Waals surface area contributed by atoms with E-state index in [-0.39, 0.29) is 0 Å². The smallest absolute Gasteiger partial charge is 0.211 e. The van der Waals surface area contributed by atoms with Crippen molar-refractivity contribution in [3.8, 4) is 11.1 Å². The van der Waals surface area contributed by atoms with Crippen molar-refractivity contribution in [2.45, 2.75) is 11.8 Å². The topological polar surface area (TPSA) is 29.4 Å². The summed E-state index contributed by atoms with van der Waals surface area (Å²) in [6.07, 6.45) is 1.67. The average molecular weight is 305 g/mol. The minimum Gasteiger partial charge on any atom is -0.211 e. The summed E-state index contributed by atoms with van der Waals surface area (Å²) in [4.78, 5) is 15.8. The maximum atomic E-state index is 10.7. The maximum absolute atomic E-state index is 10.7. The fraction of sp³-hybridized carbons (Fsp3) is 0.105. The molecule has 2 nitrogen and oxygen atoms in total. The number of aliphatic imine (C=N–C) groups is 1. The molecule has 3 heteroatoms. The van der Waals surface area contributed by atoms with Gasteiger partial charge in [-0.3, -0.25) is 0 Å². The Balaban J connectivity index is 2.36. The van der Waals surface area contributed by atoms with Gasteiger partial charge in [0.1, 0.15) is 0 Å². The number of hydrogen-bond acceptors (Lipinski definition) is 3. The minimum atomic E-state index is 0.682. The summed E-state index contributed by atoms with van der Waals surface area (Å²) >= 11 is 1.76. The van der Waals surface area contributed by atoms with Gasteiger partial charge in [-0.25, -0.2) is 4.79 Å². The summed E-state index contributed by atoms with van der Waals surface area (Å²) in [5, 5.41) is 2.14. The number of carbonyl (C=O) groups excluding carboxylic acids is 1. The highest BCUT2D eigenvalue weighted by Gasteiger charge is 2.11. The molecule has 0 atom stereocenters. The lowest BCUT2D eigenvalue weighted by atomic mass is 9.97. The summed E-state index contributed by atoms with van der Waals surface area (Å²) < 4.78 is 0. The van der Waals surface area contributed by atoms with Gasteiger partial charge in [-0.1, -0.05) is 55.5 Å². The lowest BCUT2D eigenvalue weighted by molar-refractivity contribution is 0.565. The third kappa shape index (κ3) is 2.69. The van der Waals surface area contributed by atoms with Crippen LogP contribution < -0.4 is 0 Å². The zero-order valence-electron chi connectivity index (χ0n) is 12.2. The number of benzene rings is 3. The highest BCUT2D eigenvalue weighted by Crippen LogP contribution is 2.39. The van der Waals surface area contributed by atoms with E-state index < -0.39 is 0 Å². The van der Waals surface area contributed by atoms with Crippen LogP contribution in [0.1, 0.15) is 6.92 Å². The largest absolute Gasteiger partial charge is 0.240 e. The number of hydrogen-bond donors (Lipinski definition) is 0. The van der Waals surface area contributed by atoms with Crippen LogP contribution in [-0.4, -0.2) is 11.8 Å². The molecule has 108 valence electrons. The number of nitrogens with zero attached hydrogens (tertiary/aromatic N) is 1. The Morgan fingerprint density at radius 3 is 2.55 bits per heavy atom. The molecule has 3 aromatic rings. The van der Waals surface area contributed by atoms with Gasteiger partial charge < -0.3 is 0 Å². The standard InChI is InChI=1S/C19H15NOS/c1-2-22-18-10-6-9-16-15(14-7-4-3-5-8-14)11-12-17(19(16)18)20-13-21/h3-12H,2H2,1H3. The van der Waals surface area contributed by atoms with Crippen molar-refractivity contribution >= 4 is 34.3 Å². The Morgan fingerprint density at radius 1 is 1.00 bits per heavy atom. The summed E-state index contributed by atoms with van der Waals surface area (Å²) in [6, 6.07) is 20.4. The van der Waals surface area contributed by atoms with E-state index in [1.165, 1.54) is 0 Å². The van der Waals surface area contributed by atoms with Gasteiger partial charge in [0.05, 0.1) is 5.69 Å². The molecule has 22 heavy (non-hydrogen) atoms. The van der Waals surface area contributed by atoms with E-state index in [1.807, 2.05) is 30.3 Å². The fourth-order valence-corrected chi connectivity index (χ4v) is 3.49. The van der Waals surface area contributed by atoms with Crippen LogP contribution in [0, 0.1) is 0 Å². The molecule has 0 aliphatic carbocycles. The van der Waals surface area contributed by atoms with Crippen LogP contribution in [0.15, 0.2) is 70.6 Å². The van der Waals surface area contributed by atoms with Gasteiger partial charge in [-0.05, 0) is 34.4 Å². The molecule has 3 aromatic carbocycles. The molecule has 0 radical (unpaired) electrons. The Kier molecular flexibility index (Phi) is 4.38. The Labute approximate surface area is 133 Å². The van der Waals surface area contributed by atoms with Gasteiger partial charge in [-0.15, -0.1) is 11.8 Å². The van der Waals surface area contributed by atoms with E-state index in [2.05, 4.69) is 42.2 Å². The van der Waals surface area contributed by atoms with Crippen molar-refractivity contribution < 1.29 is 4.79 Å². The van der Waals surface area contributed by atoms with Gasteiger partial charge in [0, 0.05) is 10.3 Å². The highest BCUT2D eigenvalue weighted by molar-refractivity contribution is 7.99. The van der Waals surface area contributed by atoms with Crippen molar-refractivity contribution in [2.75, 3.05) is 5.75 Å². The van der Waals surface area contributed by atoms with Crippen LogP contribution in [0.5, 0.6) is 0 Å². The molecule has 0 bridgehead atoms. The third-order valence-corrected chi connectivity index (χ3v) is 4.47. The number of thioether (sulfide) groups is 1. The van der Waals surface area contributed by atoms with E-state index in [0.29, 0.717) is 5.69 Å². The van der Waals surface area contributed by atoms with Gasteiger partial charge in [-0.2, -0.15) is 4.99 Å². The van der Waals surface area contributed by atoms with Crippen LogP contribution >= 0.6 is 11.8 Å². The van der Waals surface area contributed by atoms with E-state index >= 15 is 0 Å².